The molecule has 10 heteroatoms. The van der Waals surface area contributed by atoms with Gasteiger partial charge in [-0.1, -0.05) is 54.6 Å². The topological polar surface area (TPSA) is 105 Å². The van der Waals surface area contributed by atoms with Gasteiger partial charge < -0.3 is 21.3 Å². The number of fused-ring (bicyclic) bond motifs is 1. The minimum atomic E-state index is -4.57. The highest BCUT2D eigenvalue weighted by Crippen LogP contribution is 2.39. The molecule has 4 rings (SSSR count). The van der Waals surface area contributed by atoms with Gasteiger partial charge in [0.15, 0.2) is 0 Å². The fourth-order valence-electron chi connectivity index (χ4n) is 4.34. The first kappa shape index (κ1) is 24.8. The second-order valence-corrected chi connectivity index (χ2v) is 8.38. The lowest BCUT2D eigenvalue weighted by atomic mass is 9.86. The number of hydrogen-bond donors (Lipinski definition) is 3. The molecule has 0 radical (unpaired) electrons. The number of halogens is 3. The lowest BCUT2D eigenvalue weighted by Gasteiger charge is -2.25. The summed E-state index contributed by atoms with van der Waals surface area (Å²) in [7, 11) is 0. The van der Waals surface area contributed by atoms with Gasteiger partial charge in [0, 0.05) is 17.3 Å². The Kier molecular flexibility index (Phi) is 6.96. The maximum Gasteiger partial charge on any atom is 0.416 e. The monoisotopic (exact) mass is 496 g/mol. The third kappa shape index (κ3) is 5.48. The molecule has 1 heterocycles. The molecule has 0 aliphatic carbocycles. The van der Waals surface area contributed by atoms with Crippen molar-refractivity contribution in [1.29, 1.82) is 0 Å². The van der Waals surface area contributed by atoms with Gasteiger partial charge in [0.1, 0.15) is 12.6 Å². The van der Waals surface area contributed by atoms with Crippen molar-refractivity contribution < 1.29 is 27.6 Å². The second-order valence-electron chi connectivity index (χ2n) is 8.38. The van der Waals surface area contributed by atoms with E-state index in [4.69, 9.17) is 5.73 Å². The van der Waals surface area contributed by atoms with Crippen molar-refractivity contribution in [1.82, 2.24) is 5.32 Å². The van der Waals surface area contributed by atoms with Gasteiger partial charge in [0.05, 0.1) is 5.56 Å². The van der Waals surface area contributed by atoms with Gasteiger partial charge in [-0.3, -0.25) is 9.59 Å². The molecule has 3 aromatic carbocycles. The molecule has 7 nitrogen and oxygen atoms in total. The van der Waals surface area contributed by atoms with E-state index in [9.17, 15) is 27.6 Å². The lowest BCUT2D eigenvalue weighted by molar-refractivity contribution is -0.137. The Labute approximate surface area is 205 Å². The van der Waals surface area contributed by atoms with E-state index in [1.807, 2.05) is 42.5 Å². The van der Waals surface area contributed by atoms with Crippen LogP contribution in [0.1, 0.15) is 29.0 Å². The van der Waals surface area contributed by atoms with Crippen molar-refractivity contribution in [3.05, 3.63) is 95.6 Å². The summed E-state index contributed by atoms with van der Waals surface area (Å²) in [5, 5.41) is 4.94. The molecule has 4 amide bonds. The van der Waals surface area contributed by atoms with E-state index in [1.165, 1.54) is 17.0 Å². The number of nitrogens with one attached hydrogen (secondary N) is 2. The van der Waals surface area contributed by atoms with Crippen LogP contribution in [0.15, 0.2) is 78.9 Å². The van der Waals surface area contributed by atoms with Crippen molar-refractivity contribution in [2.24, 2.45) is 5.73 Å². The van der Waals surface area contributed by atoms with Crippen LogP contribution in [0.3, 0.4) is 0 Å². The van der Waals surface area contributed by atoms with Gasteiger partial charge in [-0.2, -0.15) is 13.2 Å². The zero-order valence-corrected chi connectivity index (χ0v) is 19.0. The number of hydrogen-bond acceptors (Lipinski definition) is 3. The summed E-state index contributed by atoms with van der Waals surface area (Å²) in [5.41, 5.74) is 6.58. The lowest BCUT2D eigenvalue weighted by Crippen LogP contribution is -2.51. The summed E-state index contributed by atoms with van der Waals surface area (Å²) in [6.45, 7) is -0.398. The van der Waals surface area contributed by atoms with Gasteiger partial charge in [-0.25, -0.2) is 4.79 Å². The van der Waals surface area contributed by atoms with Crippen LogP contribution < -0.4 is 21.3 Å². The number of alkyl halides is 3. The number of anilines is 2. The Morgan fingerprint density at radius 3 is 2.36 bits per heavy atom. The van der Waals surface area contributed by atoms with E-state index in [0.717, 1.165) is 23.3 Å². The zero-order valence-electron chi connectivity index (χ0n) is 19.0. The summed E-state index contributed by atoms with van der Waals surface area (Å²) in [6.07, 6.45) is -4.42. The SMILES string of the molecule is NC(=O)CN1C(=O)C(NC(=O)Nc2cccc(C(F)(F)F)c2)CC(c2ccccc2)c2ccccc21. The predicted octanol–water partition coefficient (Wildman–Crippen LogP) is 4.25. The Morgan fingerprint density at radius 1 is 0.972 bits per heavy atom. The number of amides is 4. The molecular weight excluding hydrogens is 473 g/mol. The van der Waals surface area contributed by atoms with Gasteiger partial charge in [0.25, 0.3) is 0 Å². The molecule has 0 saturated heterocycles. The first-order chi connectivity index (χ1) is 17.1. The number of para-hydroxylation sites is 1. The van der Waals surface area contributed by atoms with E-state index in [2.05, 4.69) is 10.6 Å². The van der Waals surface area contributed by atoms with E-state index in [0.29, 0.717) is 5.69 Å². The number of rotatable bonds is 5. The molecule has 0 fully saturated rings. The number of nitrogens with two attached hydrogens (primary N) is 1. The summed E-state index contributed by atoms with van der Waals surface area (Å²) >= 11 is 0. The second kappa shape index (κ2) is 10.1. The number of carbonyl (C=O) groups excluding carboxylic acids is 3. The summed E-state index contributed by atoms with van der Waals surface area (Å²) in [4.78, 5) is 39.3. The highest BCUT2D eigenvalue weighted by Gasteiger charge is 2.37. The molecule has 0 bridgehead atoms. The Balaban J connectivity index is 1.65. The summed E-state index contributed by atoms with van der Waals surface area (Å²) < 4.78 is 39.1. The fraction of sp³-hybridized carbons (Fsp3) is 0.192. The van der Waals surface area contributed by atoms with Crippen LogP contribution in [-0.4, -0.2) is 30.4 Å². The minimum Gasteiger partial charge on any atom is -0.368 e. The van der Waals surface area contributed by atoms with Crippen molar-refractivity contribution in [3.63, 3.8) is 0 Å². The van der Waals surface area contributed by atoms with Crippen LogP contribution in [-0.2, 0) is 15.8 Å². The maximum atomic E-state index is 13.5. The number of nitrogens with zero attached hydrogens (tertiary/aromatic N) is 1. The largest absolute Gasteiger partial charge is 0.416 e. The molecular formula is C26H23F3N4O3. The average Bonchev–Trinajstić information content (AvgIpc) is 2.95. The third-order valence-corrected chi connectivity index (χ3v) is 5.91. The molecule has 4 N–H and O–H groups in total. The summed E-state index contributed by atoms with van der Waals surface area (Å²) in [6, 6.07) is 18.7. The zero-order chi connectivity index (χ0) is 25.9. The van der Waals surface area contributed by atoms with Crippen LogP contribution in [0.5, 0.6) is 0 Å². The Bertz CT molecular complexity index is 1280. The Hall–Kier alpha value is -4.34. The number of benzene rings is 3. The van der Waals surface area contributed by atoms with Crippen LogP contribution in [0.2, 0.25) is 0 Å². The van der Waals surface area contributed by atoms with E-state index in [-0.39, 0.29) is 18.0 Å². The minimum absolute atomic E-state index is 0.0831. The van der Waals surface area contributed by atoms with Crippen molar-refractivity contribution >= 4 is 29.2 Å². The fourth-order valence-corrected chi connectivity index (χ4v) is 4.34. The molecule has 2 atom stereocenters. The van der Waals surface area contributed by atoms with Crippen LogP contribution in [0.25, 0.3) is 0 Å². The smallest absolute Gasteiger partial charge is 0.368 e. The van der Waals surface area contributed by atoms with Gasteiger partial charge >= 0.3 is 12.2 Å². The molecule has 1 aliphatic heterocycles. The van der Waals surface area contributed by atoms with Crippen molar-refractivity contribution in [3.8, 4) is 0 Å². The molecule has 0 saturated carbocycles. The number of carbonyl (C=O) groups is 3. The van der Waals surface area contributed by atoms with Gasteiger partial charge in [-0.15, -0.1) is 0 Å². The first-order valence-electron chi connectivity index (χ1n) is 11.1. The quantitative estimate of drug-likeness (QED) is 0.492. The summed E-state index contributed by atoms with van der Waals surface area (Å²) in [5.74, 6) is -1.61. The van der Waals surface area contributed by atoms with E-state index < -0.39 is 42.2 Å². The average molecular weight is 496 g/mol. The van der Waals surface area contributed by atoms with E-state index >= 15 is 0 Å². The Morgan fingerprint density at radius 2 is 1.67 bits per heavy atom. The molecule has 0 aromatic heterocycles. The number of urea groups is 1. The third-order valence-electron chi connectivity index (χ3n) is 5.91. The first-order valence-corrected chi connectivity index (χ1v) is 11.1. The standard InChI is InChI=1S/C26H23F3N4O3/c27-26(28,29)17-9-6-10-18(13-17)31-25(36)32-21-14-20(16-7-2-1-3-8-16)19-11-4-5-12-22(19)33(24(21)35)15-23(30)34/h1-13,20-21H,14-15H2,(H2,30,34)(H2,31,32,36). The molecule has 186 valence electrons. The van der Waals surface area contributed by atoms with Crippen LogP contribution in [0, 0.1) is 0 Å². The van der Waals surface area contributed by atoms with E-state index in [1.54, 1.807) is 12.1 Å². The van der Waals surface area contributed by atoms with Crippen molar-refractivity contribution in [2.75, 3.05) is 16.8 Å². The molecule has 1 aliphatic rings. The normalized spacial score (nSPS) is 17.6. The number of primary amides is 1. The van der Waals surface area contributed by atoms with Crippen molar-refractivity contribution in [2.45, 2.75) is 24.6 Å². The van der Waals surface area contributed by atoms with Crippen LogP contribution in [0.4, 0.5) is 29.3 Å². The van der Waals surface area contributed by atoms with Gasteiger partial charge in [0.2, 0.25) is 11.8 Å². The predicted molar refractivity (Wildman–Crippen MR) is 128 cm³/mol. The highest BCUT2D eigenvalue weighted by atomic mass is 19.4. The molecule has 36 heavy (non-hydrogen) atoms. The van der Waals surface area contributed by atoms with Gasteiger partial charge in [-0.05, 0) is 41.8 Å². The molecule has 2 unspecified atom stereocenters. The molecule has 0 spiro atoms. The molecule has 3 aromatic rings. The highest BCUT2D eigenvalue weighted by molar-refractivity contribution is 6.05. The maximum absolute atomic E-state index is 13.5. The van der Waals surface area contributed by atoms with Crippen LogP contribution >= 0.6 is 0 Å².